The predicted octanol–water partition coefficient (Wildman–Crippen LogP) is 3.45. The fourth-order valence-corrected chi connectivity index (χ4v) is 2.04. The van der Waals surface area contributed by atoms with Crippen molar-refractivity contribution in [2.24, 2.45) is 5.92 Å². The van der Waals surface area contributed by atoms with Gasteiger partial charge in [0.25, 0.3) is 0 Å². The van der Waals surface area contributed by atoms with Crippen LogP contribution in [0.2, 0.25) is 0 Å². The molecule has 1 aliphatic rings. The topological polar surface area (TPSA) is 29.1 Å². The van der Waals surface area contributed by atoms with Crippen LogP contribution in [0.5, 0.6) is 0 Å². The van der Waals surface area contributed by atoms with Crippen LogP contribution < -0.4 is 5.32 Å². The number of halogens is 1. The van der Waals surface area contributed by atoms with Gasteiger partial charge in [-0.3, -0.25) is 4.79 Å². The smallest absolute Gasteiger partial charge is 0.140 e. The maximum atomic E-state index is 11.6. The Morgan fingerprint density at radius 1 is 1.35 bits per heavy atom. The number of ketones is 1. The van der Waals surface area contributed by atoms with Crippen LogP contribution in [-0.2, 0) is 4.79 Å². The first kappa shape index (κ1) is 16.1. The van der Waals surface area contributed by atoms with E-state index in [-0.39, 0.29) is 11.7 Å². The molecule has 0 aromatic rings. The molecule has 2 nitrogen and oxygen atoms in total. The maximum absolute atomic E-state index is 11.6. The molecule has 1 N–H and O–H groups in total. The molecule has 1 fully saturated rings. The predicted molar refractivity (Wildman–Crippen MR) is 75.2 cm³/mol. The molecule has 96 valence electrons. The van der Waals surface area contributed by atoms with Crippen molar-refractivity contribution in [2.45, 2.75) is 25.7 Å². The molecular weight excluding hydrogens is 234 g/mol. The third kappa shape index (κ3) is 5.33. The van der Waals surface area contributed by atoms with E-state index in [1.165, 1.54) is 0 Å². The zero-order chi connectivity index (χ0) is 13.3. The van der Waals surface area contributed by atoms with Crippen molar-refractivity contribution in [1.82, 2.24) is 5.32 Å². The number of rotatable bonds is 3. The molecule has 0 aliphatic heterocycles. The average molecular weight is 256 g/mol. The Hall–Kier alpha value is -0.860. The Morgan fingerprint density at radius 2 is 1.94 bits per heavy atom. The minimum atomic E-state index is -0.0493. The lowest BCUT2D eigenvalue weighted by Gasteiger charge is -2.22. The minimum absolute atomic E-state index is 0.0493. The van der Waals surface area contributed by atoms with Crippen LogP contribution in [0.1, 0.15) is 25.7 Å². The van der Waals surface area contributed by atoms with E-state index >= 15 is 0 Å². The van der Waals surface area contributed by atoms with E-state index in [0.29, 0.717) is 11.5 Å². The number of carbonyl (C=O) groups excluding carboxylic acids is 1. The Kier molecular flexibility index (Phi) is 8.73. The van der Waals surface area contributed by atoms with Crippen molar-refractivity contribution in [3.63, 3.8) is 0 Å². The van der Waals surface area contributed by atoms with Crippen molar-refractivity contribution in [3.05, 3.63) is 35.9 Å². The Morgan fingerprint density at radius 3 is 2.35 bits per heavy atom. The van der Waals surface area contributed by atoms with E-state index in [2.05, 4.69) is 18.5 Å². The molecule has 0 saturated heterocycles. The van der Waals surface area contributed by atoms with Gasteiger partial charge in [0.15, 0.2) is 0 Å². The molecule has 0 aromatic carbocycles. The maximum Gasteiger partial charge on any atom is 0.140 e. The molecule has 1 rings (SSSR count). The van der Waals surface area contributed by atoms with Crippen molar-refractivity contribution in [1.29, 1.82) is 0 Å². The van der Waals surface area contributed by atoms with Gasteiger partial charge in [-0.05, 0) is 32.5 Å². The molecule has 17 heavy (non-hydrogen) atoms. The van der Waals surface area contributed by atoms with E-state index in [9.17, 15) is 4.79 Å². The van der Waals surface area contributed by atoms with Gasteiger partial charge in [-0.25, -0.2) is 0 Å². The number of allylic oxidation sites excluding steroid dienone is 4. The summed E-state index contributed by atoms with van der Waals surface area (Å²) in [6.07, 6.45) is 6.91. The fourth-order valence-electron chi connectivity index (χ4n) is 1.84. The molecule has 1 atom stereocenters. The molecule has 0 heterocycles. The number of nitrogens with one attached hydrogen (secondary N) is 1. The van der Waals surface area contributed by atoms with Crippen LogP contribution in [0.25, 0.3) is 0 Å². The molecule has 0 bridgehead atoms. The molecule has 1 unspecified atom stereocenters. The van der Waals surface area contributed by atoms with Gasteiger partial charge in [0.2, 0.25) is 0 Å². The normalized spacial score (nSPS) is 20.9. The summed E-state index contributed by atoms with van der Waals surface area (Å²) in [5.41, 5.74) is 0.839. The molecule has 3 heteroatoms. The number of hydrogen-bond acceptors (Lipinski definition) is 2. The van der Waals surface area contributed by atoms with Crippen molar-refractivity contribution >= 4 is 17.4 Å². The second-order valence-corrected chi connectivity index (χ2v) is 4.38. The highest BCUT2D eigenvalue weighted by atomic mass is 35.5. The molecule has 1 saturated carbocycles. The minimum Gasteiger partial charge on any atom is -0.323 e. The lowest BCUT2D eigenvalue weighted by Crippen LogP contribution is -2.20. The van der Waals surface area contributed by atoms with Gasteiger partial charge < -0.3 is 5.32 Å². The lowest BCUT2D eigenvalue weighted by atomic mass is 9.82. The van der Waals surface area contributed by atoms with Crippen molar-refractivity contribution < 1.29 is 4.79 Å². The van der Waals surface area contributed by atoms with E-state index in [1.807, 2.05) is 14.1 Å². The number of carbonyl (C=O) groups is 1. The first-order valence-corrected chi connectivity index (χ1v) is 6.25. The third-order valence-electron chi connectivity index (χ3n) is 2.60. The fraction of sp³-hybridized carbons (Fsp3) is 0.500. The van der Waals surface area contributed by atoms with Gasteiger partial charge in [-0.2, -0.15) is 0 Å². The summed E-state index contributed by atoms with van der Waals surface area (Å²) in [5, 5.41) is 3.31. The summed E-state index contributed by atoms with van der Waals surface area (Å²) in [5.74, 6) is 0.234. The van der Waals surface area contributed by atoms with Crippen LogP contribution in [0.4, 0.5) is 0 Å². The highest BCUT2D eigenvalue weighted by Gasteiger charge is 2.25. The quantitative estimate of drug-likeness (QED) is 0.783. The SMILES string of the molecule is C=C/C(Cl)=C(\C=C)C1CCCCC1=O.CNC. The third-order valence-corrected chi connectivity index (χ3v) is 2.98. The van der Waals surface area contributed by atoms with Gasteiger partial charge in [0.05, 0.1) is 0 Å². The molecule has 0 spiro atoms. The number of Topliss-reactive ketones (excluding diaryl/α,β-unsaturated/α-hetero) is 1. The van der Waals surface area contributed by atoms with E-state index in [4.69, 9.17) is 11.6 Å². The largest absolute Gasteiger partial charge is 0.323 e. The first-order valence-electron chi connectivity index (χ1n) is 5.88. The van der Waals surface area contributed by atoms with Crippen LogP contribution in [0, 0.1) is 5.92 Å². The summed E-state index contributed by atoms with van der Waals surface area (Å²) in [7, 11) is 3.75. The van der Waals surface area contributed by atoms with Gasteiger partial charge >= 0.3 is 0 Å². The highest BCUT2D eigenvalue weighted by molar-refractivity contribution is 6.31. The van der Waals surface area contributed by atoms with Gasteiger partial charge in [0, 0.05) is 17.4 Å². The zero-order valence-corrected chi connectivity index (χ0v) is 11.5. The highest BCUT2D eigenvalue weighted by Crippen LogP contribution is 2.30. The molecule has 1 aliphatic carbocycles. The Bertz CT molecular complexity index is 307. The summed E-state index contributed by atoms with van der Waals surface area (Å²) < 4.78 is 0. The van der Waals surface area contributed by atoms with E-state index in [0.717, 1.165) is 24.8 Å². The molecule has 0 aromatic heterocycles. The van der Waals surface area contributed by atoms with Crippen molar-refractivity contribution in [3.8, 4) is 0 Å². The first-order chi connectivity index (χ1) is 8.12. The number of hydrogen-bond donors (Lipinski definition) is 1. The van der Waals surface area contributed by atoms with E-state index in [1.54, 1.807) is 12.2 Å². The lowest BCUT2D eigenvalue weighted by molar-refractivity contribution is -0.123. The second kappa shape index (κ2) is 9.20. The summed E-state index contributed by atoms with van der Waals surface area (Å²) in [4.78, 5) is 11.6. The van der Waals surface area contributed by atoms with Gasteiger partial charge in [0.1, 0.15) is 5.78 Å². The van der Waals surface area contributed by atoms with Crippen molar-refractivity contribution in [2.75, 3.05) is 14.1 Å². The van der Waals surface area contributed by atoms with Gasteiger partial charge in [-0.15, -0.1) is 0 Å². The molecular formula is C14H22ClNO. The van der Waals surface area contributed by atoms with Gasteiger partial charge in [-0.1, -0.05) is 43.3 Å². The Balaban J connectivity index is 0.000000770. The summed E-state index contributed by atoms with van der Waals surface area (Å²) in [6, 6.07) is 0. The van der Waals surface area contributed by atoms with Crippen LogP contribution in [-0.4, -0.2) is 19.9 Å². The standard InChI is InChI=1S/C12H15ClO.C2H7N/c1-3-9(11(13)4-2)10-7-5-6-8-12(10)14;1-3-2/h3-4,10H,1-2,5-8H2;3H,1-2H3/b11-9-;. The molecule has 0 amide bonds. The Labute approximate surface area is 109 Å². The monoisotopic (exact) mass is 255 g/mol. The van der Waals surface area contributed by atoms with Crippen LogP contribution in [0.3, 0.4) is 0 Å². The second-order valence-electron chi connectivity index (χ2n) is 3.98. The van der Waals surface area contributed by atoms with Crippen LogP contribution >= 0.6 is 11.6 Å². The summed E-state index contributed by atoms with van der Waals surface area (Å²) in [6.45, 7) is 7.30. The van der Waals surface area contributed by atoms with Crippen LogP contribution in [0.15, 0.2) is 35.9 Å². The zero-order valence-electron chi connectivity index (χ0n) is 10.8. The van der Waals surface area contributed by atoms with E-state index < -0.39 is 0 Å². The average Bonchev–Trinajstić information content (AvgIpc) is 2.33. The molecule has 0 radical (unpaired) electrons. The summed E-state index contributed by atoms with van der Waals surface area (Å²) >= 11 is 5.97.